The minimum Gasteiger partial charge on any atom is -0.756 e. The first-order valence-corrected chi connectivity index (χ1v) is 31.7. The summed E-state index contributed by atoms with van der Waals surface area (Å²) in [6, 6.07) is -0.911. The molecule has 0 aliphatic carbocycles. The van der Waals surface area contributed by atoms with Crippen LogP contribution >= 0.6 is 7.82 Å². The second kappa shape index (κ2) is 54.9. The highest BCUT2D eigenvalue weighted by Crippen LogP contribution is 2.38. The van der Waals surface area contributed by atoms with E-state index in [1.807, 2.05) is 27.2 Å². The maximum atomic E-state index is 12.9. The molecule has 0 bridgehead atoms. The molecule has 0 aliphatic rings. The molecule has 74 heavy (non-hydrogen) atoms. The lowest BCUT2D eigenvalue weighted by Gasteiger charge is -2.29. The molecule has 1 amide bonds. The summed E-state index contributed by atoms with van der Waals surface area (Å²) in [5.74, 6) is -0.214. The Morgan fingerprint density at radius 2 is 0.838 bits per heavy atom. The Morgan fingerprint density at radius 3 is 1.24 bits per heavy atom. The van der Waals surface area contributed by atoms with E-state index in [1.165, 1.54) is 135 Å². The van der Waals surface area contributed by atoms with Gasteiger partial charge in [0, 0.05) is 6.42 Å². The molecule has 426 valence electrons. The van der Waals surface area contributed by atoms with Crippen molar-refractivity contribution in [1.82, 2.24) is 5.32 Å². The van der Waals surface area contributed by atoms with Gasteiger partial charge in [-0.05, 0) is 89.9 Å². The summed E-state index contributed by atoms with van der Waals surface area (Å²) >= 11 is 0. The molecule has 0 aromatic rings. The standard InChI is InChI=1S/C65H115N2O6P/c1-6-8-10-12-14-16-18-19-20-21-22-23-24-25-26-27-28-29-30-31-32-33-34-35-36-37-38-39-40-41-42-43-44-45-46-47-49-51-53-55-57-59-65(69)66-63(62-73-74(70,71)72-61-60-67(3,4)5)64(68)58-56-54-52-50-48-17-15-13-11-9-7-2/h8,10-11,13-14,16,19-20,22-23,25-26,28-29,48,50,56,58,63-64,68H,6-7,9,12,15,17-18,21,24,27,30-47,49,51-55,57,59-62H2,1-5H3,(H-,66,69,70,71)/b10-8-,13-11+,16-14-,20-19-,23-22-,26-25-,29-28-,50-48+,58-56+. The molecule has 3 atom stereocenters. The van der Waals surface area contributed by atoms with Crippen LogP contribution in [0.2, 0.25) is 0 Å². The minimum atomic E-state index is -4.61. The van der Waals surface area contributed by atoms with Crippen molar-refractivity contribution in [1.29, 1.82) is 0 Å². The number of quaternary nitrogens is 1. The second-order valence-corrected chi connectivity index (χ2v) is 22.7. The molecule has 3 unspecified atom stereocenters. The van der Waals surface area contributed by atoms with E-state index >= 15 is 0 Å². The van der Waals surface area contributed by atoms with Crippen LogP contribution in [0.4, 0.5) is 0 Å². The van der Waals surface area contributed by atoms with Gasteiger partial charge >= 0.3 is 0 Å². The fraction of sp³-hybridized carbons (Fsp3) is 0.708. The second-order valence-electron chi connectivity index (χ2n) is 21.3. The number of aliphatic hydroxyl groups is 1. The Balaban J connectivity index is 3.89. The Kier molecular flexibility index (Phi) is 52.8. The number of hydrogen-bond donors (Lipinski definition) is 2. The largest absolute Gasteiger partial charge is 0.756 e. The van der Waals surface area contributed by atoms with Crippen molar-refractivity contribution in [2.24, 2.45) is 0 Å². The molecule has 0 heterocycles. The molecule has 0 aliphatic heterocycles. The van der Waals surface area contributed by atoms with Crippen molar-refractivity contribution in [2.45, 2.75) is 257 Å². The zero-order valence-electron chi connectivity index (χ0n) is 48.5. The number of allylic oxidation sites excluding steroid dienone is 17. The number of nitrogens with zero attached hydrogens (tertiary/aromatic N) is 1. The highest BCUT2D eigenvalue weighted by molar-refractivity contribution is 7.45. The maximum Gasteiger partial charge on any atom is 0.268 e. The third-order valence-electron chi connectivity index (χ3n) is 12.9. The summed E-state index contributed by atoms with van der Waals surface area (Å²) in [4.78, 5) is 25.4. The van der Waals surface area contributed by atoms with E-state index in [1.54, 1.807) is 6.08 Å². The van der Waals surface area contributed by atoms with Gasteiger partial charge in [-0.2, -0.15) is 0 Å². The topological polar surface area (TPSA) is 108 Å². The van der Waals surface area contributed by atoms with Crippen molar-refractivity contribution >= 4 is 13.7 Å². The van der Waals surface area contributed by atoms with Gasteiger partial charge < -0.3 is 28.8 Å². The number of unbranched alkanes of at least 4 members (excludes halogenated alkanes) is 25. The van der Waals surface area contributed by atoms with E-state index in [2.05, 4.69) is 116 Å². The lowest BCUT2D eigenvalue weighted by molar-refractivity contribution is -0.870. The predicted octanol–water partition coefficient (Wildman–Crippen LogP) is 18.1. The monoisotopic (exact) mass is 1050 g/mol. The van der Waals surface area contributed by atoms with E-state index in [0.29, 0.717) is 17.4 Å². The fourth-order valence-electron chi connectivity index (χ4n) is 8.26. The summed E-state index contributed by atoms with van der Waals surface area (Å²) in [5, 5.41) is 13.8. The number of hydrogen-bond acceptors (Lipinski definition) is 6. The highest BCUT2D eigenvalue weighted by atomic mass is 31.2. The first-order chi connectivity index (χ1) is 36.0. The molecule has 8 nitrogen and oxygen atoms in total. The SMILES string of the molecule is CC/C=C\C/C=C\C/C=C\C/C=C\C/C=C\C/C=C\CCCCCCCCCCCCCCCCCCCCCCCCC(=O)NC(COP(=O)([O-])OCC[N+](C)(C)C)C(O)/C=C/CC/C=C/CC/C=C/CCC. The summed E-state index contributed by atoms with van der Waals surface area (Å²) in [6.45, 7) is 4.42. The van der Waals surface area contributed by atoms with Crippen molar-refractivity contribution in [2.75, 3.05) is 40.9 Å². The van der Waals surface area contributed by atoms with Crippen LogP contribution in [0.5, 0.6) is 0 Å². The van der Waals surface area contributed by atoms with Gasteiger partial charge in [0.15, 0.2) is 0 Å². The van der Waals surface area contributed by atoms with E-state index in [-0.39, 0.29) is 12.5 Å². The quantitative estimate of drug-likeness (QED) is 0.0272. The van der Waals surface area contributed by atoms with E-state index in [4.69, 9.17) is 9.05 Å². The van der Waals surface area contributed by atoms with Crippen molar-refractivity contribution < 1.29 is 32.9 Å². The van der Waals surface area contributed by atoms with Gasteiger partial charge in [0.1, 0.15) is 13.2 Å². The van der Waals surface area contributed by atoms with E-state index in [9.17, 15) is 19.4 Å². The molecule has 0 fully saturated rings. The van der Waals surface area contributed by atoms with Gasteiger partial charge in [-0.1, -0.05) is 258 Å². The van der Waals surface area contributed by atoms with E-state index in [0.717, 1.165) is 89.9 Å². The number of nitrogens with one attached hydrogen (secondary N) is 1. The van der Waals surface area contributed by atoms with Crippen LogP contribution in [0.1, 0.15) is 245 Å². The Morgan fingerprint density at radius 1 is 0.486 bits per heavy atom. The normalized spacial score (nSPS) is 14.6. The van der Waals surface area contributed by atoms with Crippen LogP contribution in [0.25, 0.3) is 0 Å². The number of carbonyl (C=O) groups is 1. The molecule has 0 spiro atoms. The third kappa shape index (κ3) is 56.9. The van der Waals surface area contributed by atoms with Crippen LogP contribution in [-0.4, -0.2) is 68.5 Å². The molecule has 2 N–H and O–H groups in total. The Hall–Kier alpha value is -2.84. The first-order valence-electron chi connectivity index (χ1n) is 30.2. The molecule has 9 heteroatoms. The fourth-order valence-corrected chi connectivity index (χ4v) is 8.98. The molecule has 0 rings (SSSR count). The molecule has 0 saturated heterocycles. The van der Waals surface area contributed by atoms with Crippen molar-refractivity contribution in [3.63, 3.8) is 0 Å². The van der Waals surface area contributed by atoms with Gasteiger partial charge in [0.25, 0.3) is 7.82 Å². The lowest BCUT2D eigenvalue weighted by Crippen LogP contribution is -2.45. The minimum absolute atomic E-state index is 0.0116. The highest BCUT2D eigenvalue weighted by Gasteiger charge is 2.23. The summed E-state index contributed by atoms with van der Waals surface area (Å²) < 4.78 is 23.2. The van der Waals surface area contributed by atoms with Crippen LogP contribution < -0.4 is 10.2 Å². The van der Waals surface area contributed by atoms with Gasteiger partial charge in [0.05, 0.1) is 39.9 Å². The van der Waals surface area contributed by atoms with Crippen LogP contribution in [0.3, 0.4) is 0 Å². The number of rotatable bonds is 54. The molecule has 0 aromatic heterocycles. The van der Waals surface area contributed by atoms with Crippen molar-refractivity contribution in [3.05, 3.63) is 109 Å². The Labute approximate surface area is 457 Å². The van der Waals surface area contributed by atoms with Crippen LogP contribution in [0.15, 0.2) is 109 Å². The van der Waals surface area contributed by atoms with Crippen molar-refractivity contribution in [3.8, 4) is 0 Å². The van der Waals surface area contributed by atoms with Gasteiger partial charge in [-0.25, -0.2) is 0 Å². The molecule has 0 aromatic carbocycles. The average molecular weight is 1050 g/mol. The number of amides is 1. The number of phosphoric ester groups is 1. The number of aliphatic hydroxyl groups excluding tert-OH is 1. The molecule has 0 saturated carbocycles. The van der Waals surface area contributed by atoms with E-state index < -0.39 is 26.6 Å². The average Bonchev–Trinajstić information content (AvgIpc) is 3.36. The van der Waals surface area contributed by atoms with Gasteiger partial charge in [0.2, 0.25) is 5.91 Å². The zero-order valence-corrected chi connectivity index (χ0v) is 49.4. The number of phosphoric acid groups is 1. The molecular weight excluding hydrogens is 936 g/mol. The van der Waals surface area contributed by atoms with Gasteiger partial charge in [-0.15, -0.1) is 0 Å². The maximum absolute atomic E-state index is 12.9. The Bertz CT molecular complexity index is 1570. The predicted molar refractivity (Wildman–Crippen MR) is 320 cm³/mol. The summed E-state index contributed by atoms with van der Waals surface area (Å²) in [5.41, 5.74) is 0. The molecular formula is C65H115N2O6P. The lowest BCUT2D eigenvalue weighted by atomic mass is 10.0. The van der Waals surface area contributed by atoms with Crippen LogP contribution in [0, 0.1) is 0 Å². The van der Waals surface area contributed by atoms with Gasteiger partial charge in [-0.3, -0.25) is 9.36 Å². The first kappa shape index (κ1) is 71.2. The third-order valence-corrected chi connectivity index (χ3v) is 13.9. The summed E-state index contributed by atoms with van der Waals surface area (Å²) in [6.07, 6.45) is 80.7. The number of likely N-dealkylation sites (N-methyl/N-ethyl adjacent to an activating group) is 1. The number of carbonyl (C=O) groups excluding carboxylic acids is 1. The zero-order chi connectivity index (χ0) is 54.2. The molecule has 0 radical (unpaired) electrons. The summed E-state index contributed by atoms with van der Waals surface area (Å²) in [7, 11) is 1.23. The van der Waals surface area contributed by atoms with Crippen LogP contribution in [-0.2, 0) is 18.4 Å². The smallest absolute Gasteiger partial charge is 0.268 e.